The van der Waals surface area contributed by atoms with E-state index in [0.717, 1.165) is 22.6 Å². The molecule has 0 aliphatic rings. The summed E-state index contributed by atoms with van der Waals surface area (Å²) in [4.78, 5) is 2.28. The number of aryl methyl sites for hydroxylation is 1. The Kier molecular flexibility index (Phi) is 8.20. The van der Waals surface area contributed by atoms with Crippen LogP contribution in [0.1, 0.15) is 27.8 Å². The molecular weight excluding hydrogens is 506 g/mol. The van der Waals surface area contributed by atoms with Gasteiger partial charge < -0.3 is 4.90 Å². The Hall–Kier alpha value is -5.40. The summed E-state index contributed by atoms with van der Waals surface area (Å²) in [5, 5.41) is 0. The van der Waals surface area contributed by atoms with Gasteiger partial charge in [0.25, 0.3) is 0 Å². The summed E-state index contributed by atoms with van der Waals surface area (Å²) >= 11 is 0. The van der Waals surface area contributed by atoms with E-state index in [-0.39, 0.29) is 0 Å². The van der Waals surface area contributed by atoms with Crippen molar-refractivity contribution in [3.8, 4) is 11.1 Å². The van der Waals surface area contributed by atoms with Crippen molar-refractivity contribution in [2.45, 2.75) is 6.92 Å². The fourth-order valence-electron chi connectivity index (χ4n) is 4.97. The molecule has 6 rings (SSSR count). The minimum Gasteiger partial charge on any atom is -0.311 e. The maximum Gasteiger partial charge on any atom is 0.0462 e. The molecule has 0 aliphatic heterocycles. The zero-order valence-electron chi connectivity index (χ0n) is 23.8. The smallest absolute Gasteiger partial charge is 0.0462 e. The van der Waals surface area contributed by atoms with E-state index in [0.29, 0.717) is 0 Å². The van der Waals surface area contributed by atoms with Crippen molar-refractivity contribution in [1.82, 2.24) is 0 Å². The van der Waals surface area contributed by atoms with Crippen molar-refractivity contribution in [2.75, 3.05) is 4.90 Å². The number of anilines is 3. The Morgan fingerprint density at radius 3 is 1.02 bits per heavy atom. The van der Waals surface area contributed by atoms with Crippen LogP contribution < -0.4 is 4.90 Å². The third kappa shape index (κ3) is 6.66. The van der Waals surface area contributed by atoms with Crippen molar-refractivity contribution in [3.05, 3.63) is 186 Å². The first kappa shape index (κ1) is 26.8. The number of rotatable bonds is 8. The zero-order chi connectivity index (χ0) is 28.6. The number of para-hydroxylation sites is 2. The Balaban J connectivity index is 1.12. The maximum absolute atomic E-state index is 2.28. The lowest BCUT2D eigenvalue weighted by Crippen LogP contribution is -2.09. The normalized spacial score (nSPS) is 11.3. The van der Waals surface area contributed by atoms with E-state index < -0.39 is 0 Å². The first-order chi connectivity index (χ1) is 20.7. The monoisotopic (exact) mass is 539 g/mol. The molecule has 0 aliphatic carbocycles. The lowest BCUT2D eigenvalue weighted by atomic mass is 10.0. The summed E-state index contributed by atoms with van der Waals surface area (Å²) in [7, 11) is 0. The predicted molar refractivity (Wildman–Crippen MR) is 182 cm³/mol. The molecule has 1 heteroatoms. The van der Waals surface area contributed by atoms with Crippen LogP contribution >= 0.6 is 0 Å². The zero-order valence-corrected chi connectivity index (χ0v) is 23.8. The SMILES string of the molecule is Cc1ccc(/C=C/c2ccc(-c3ccc(/C=C/c4ccc(N(c5ccccc5)c5ccccc5)cc4)cc3)cc2)cc1. The number of hydrogen-bond donors (Lipinski definition) is 0. The molecule has 0 fully saturated rings. The van der Waals surface area contributed by atoms with Crippen LogP contribution in [0.5, 0.6) is 0 Å². The van der Waals surface area contributed by atoms with Gasteiger partial charge in [0.05, 0.1) is 0 Å². The lowest BCUT2D eigenvalue weighted by molar-refractivity contribution is 1.28. The molecule has 0 radical (unpaired) electrons. The first-order valence-corrected chi connectivity index (χ1v) is 14.3. The molecule has 6 aromatic carbocycles. The molecular formula is C41H33N. The minimum absolute atomic E-state index is 1.13. The topological polar surface area (TPSA) is 3.24 Å². The third-order valence-corrected chi connectivity index (χ3v) is 7.35. The van der Waals surface area contributed by atoms with Gasteiger partial charge in [-0.3, -0.25) is 0 Å². The van der Waals surface area contributed by atoms with Gasteiger partial charge in [0, 0.05) is 17.1 Å². The van der Waals surface area contributed by atoms with E-state index in [1.54, 1.807) is 0 Å². The van der Waals surface area contributed by atoms with Gasteiger partial charge in [-0.1, -0.05) is 151 Å². The van der Waals surface area contributed by atoms with E-state index in [1.165, 1.54) is 33.4 Å². The second-order valence-electron chi connectivity index (χ2n) is 10.4. The average Bonchev–Trinajstić information content (AvgIpc) is 3.06. The molecule has 42 heavy (non-hydrogen) atoms. The maximum atomic E-state index is 2.28. The summed E-state index contributed by atoms with van der Waals surface area (Å²) in [6.45, 7) is 2.11. The van der Waals surface area contributed by atoms with Gasteiger partial charge in [0.1, 0.15) is 0 Å². The van der Waals surface area contributed by atoms with Crippen LogP contribution in [0, 0.1) is 6.92 Å². The molecule has 0 heterocycles. The van der Waals surface area contributed by atoms with Crippen LogP contribution in [-0.2, 0) is 0 Å². The largest absolute Gasteiger partial charge is 0.311 e. The molecule has 0 atom stereocenters. The van der Waals surface area contributed by atoms with Gasteiger partial charge in [0.2, 0.25) is 0 Å². The standard InChI is InChI=1S/C41H33N/c1-32-12-14-33(15-13-32)16-17-34-20-26-37(27-21-34)38-28-22-35(23-29-38)18-19-36-24-30-41(31-25-36)42(39-8-4-2-5-9-39)40-10-6-3-7-11-40/h2-31H,1H3/b17-16+,19-18+. The van der Waals surface area contributed by atoms with Crippen LogP contribution in [0.25, 0.3) is 35.4 Å². The lowest BCUT2D eigenvalue weighted by Gasteiger charge is -2.25. The van der Waals surface area contributed by atoms with E-state index in [2.05, 4.69) is 194 Å². The second-order valence-corrected chi connectivity index (χ2v) is 10.4. The molecule has 1 nitrogen and oxygen atoms in total. The molecule has 6 aromatic rings. The van der Waals surface area contributed by atoms with E-state index in [4.69, 9.17) is 0 Å². The fourth-order valence-corrected chi connectivity index (χ4v) is 4.97. The number of benzene rings is 6. The molecule has 0 unspecified atom stereocenters. The fraction of sp³-hybridized carbons (Fsp3) is 0.0244. The minimum atomic E-state index is 1.13. The molecule has 0 aromatic heterocycles. The Labute approximate surface area is 249 Å². The van der Waals surface area contributed by atoms with Gasteiger partial charge in [-0.2, -0.15) is 0 Å². The van der Waals surface area contributed by atoms with Crippen LogP contribution in [0.15, 0.2) is 158 Å². The summed E-state index contributed by atoms with van der Waals surface area (Å²) in [6.07, 6.45) is 8.66. The van der Waals surface area contributed by atoms with Gasteiger partial charge >= 0.3 is 0 Å². The highest BCUT2D eigenvalue weighted by Crippen LogP contribution is 2.34. The quantitative estimate of drug-likeness (QED) is 0.174. The molecule has 0 bridgehead atoms. The molecule has 0 spiro atoms. The van der Waals surface area contributed by atoms with E-state index in [9.17, 15) is 0 Å². The molecule has 0 amide bonds. The molecule has 0 saturated carbocycles. The summed E-state index contributed by atoms with van der Waals surface area (Å²) in [6, 6.07) is 55.7. The van der Waals surface area contributed by atoms with Crippen LogP contribution in [0.3, 0.4) is 0 Å². The predicted octanol–water partition coefficient (Wildman–Crippen LogP) is 11.5. The second kappa shape index (κ2) is 12.8. The van der Waals surface area contributed by atoms with Crippen molar-refractivity contribution < 1.29 is 0 Å². The highest BCUT2D eigenvalue weighted by Gasteiger charge is 2.11. The van der Waals surface area contributed by atoms with E-state index in [1.807, 2.05) is 0 Å². The van der Waals surface area contributed by atoms with Crippen molar-refractivity contribution in [2.24, 2.45) is 0 Å². The molecule has 0 saturated heterocycles. The average molecular weight is 540 g/mol. The van der Waals surface area contributed by atoms with Gasteiger partial charge in [-0.15, -0.1) is 0 Å². The number of nitrogens with zero attached hydrogens (tertiary/aromatic N) is 1. The van der Waals surface area contributed by atoms with Gasteiger partial charge in [-0.05, 0) is 76.7 Å². The highest BCUT2D eigenvalue weighted by molar-refractivity contribution is 5.78. The Morgan fingerprint density at radius 2 is 0.643 bits per heavy atom. The van der Waals surface area contributed by atoms with Crippen LogP contribution in [0.4, 0.5) is 17.1 Å². The summed E-state index contributed by atoms with van der Waals surface area (Å²) in [5.41, 5.74) is 11.9. The van der Waals surface area contributed by atoms with Crippen LogP contribution in [-0.4, -0.2) is 0 Å². The Bertz CT molecular complexity index is 1720. The van der Waals surface area contributed by atoms with Crippen LogP contribution in [0.2, 0.25) is 0 Å². The first-order valence-electron chi connectivity index (χ1n) is 14.3. The third-order valence-electron chi connectivity index (χ3n) is 7.35. The summed E-state index contributed by atoms with van der Waals surface area (Å²) in [5.74, 6) is 0. The summed E-state index contributed by atoms with van der Waals surface area (Å²) < 4.78 is 0. The van der Waals surface area contributed by atoms with Crippen molar-refractivity contribution in [1.29, 1.82) is 0 Å². The number of hydrogen-bond acceptors (Lipinski definition) is 1. The van der Waals surface area contributed by atoms with Gasteiger partial charge in [-0.25, -0.2) is 0 Å². The van der Waals surface area contributed by atoms with Gasteiger partial charge in [0.15, 0.2) is 0 Å². The highest BCUT2D eigenvalue weighted by atomic mass is 15.1. The molecule has 202 valence electrons. The van der Waals surface area contributed by atoms with Crippen molar-refractivity contribution in [3.63, 3.8) is 0 Å². The Morgan fingerprint density at radius 1 is 0.333 bits per heavy atom. The van der Waals surface area contributed by atoms with Crippen molar-refractivity contribution >= 4 is 41.4 Å². The van der Waals surface area contributed by atoms with E-state index >= 15 is 0 Å². The molecule has 0 N–H and O–H groups in total.